The predicted octanol–water partition coefficient (Wildman–Crippen LogP) is 20.3. The minimum Gasteiger partial charge on any atom is -0.462 e. The van der Waals surface area contributed by atoms with Crippen LogP contribution in [0, 0.1) is 0 Å². The van der Waals surface area contributed by atoms with E-state index in [1.807, 2.05) is 0 Å². The van der Waals surface area contributed by atoms with Crippen molar-refractivity contribution in [3.63, 3.8) is 0 Å². The lowest BCUT2D eigenvalue weighted by Gasteiger charge is -2.18. The Kier molecular flexibility index (Phi) is 55.7. The zero-order valence-electron chi connectivity index (χ0n) is 45.9. The number of carbonyl (C=O) groups is 3. The number of rotatable bonds is 56. The van der Waals surface area contributed by atoms with Crippen molar-refractivity contribution in [3.05, 3.63) is 24.3 Å². The van der Waals surface area contributed by atoms with Crippen LogP contribution in [-0.2, 0) is 28.6 Å². The van der Waals surface area contributed by atoms with Crippen molar-refractivity contribution in [1.82, 2.24) is 0 Å². The Morgan fingerprint density at radius 1 is 0.294 bits per heavy atom. The molecule has 1 atom stereocenters. The molecule has 6 nitrogen and oxygen atoms in total. The van der Waals surface area contributed by atoms with E-state index in [-0.39, 0.29) is 31.1 Å². The van der Waals surface area contributed by atoms with Crippen molar-refractivity contribution in [2.24, 2.45) is 0 Å². The lowest BCUT2D eigenvalue weighted by atomic mass is 10.0. The molecule has 68 heavy (non-hydrogen) atoms. The van der Waals surface area contributed by atoms with Crippen molar-refractivity contribution in [2.75, 3.05) is 13.2 Å². The first kappa shape index (κ1) is 65.9. The highest BCUT2D eigenvalue weighted by atomic mass is 16.6. The Labute approximate surface area is 423 Å². The van der Waals surface area contributed by atoms with E-state index in [1.54, 1.807) is 0 Å². The van der Waals surface area contributed by atoms with Crippen LogP contribution in [0.25, 0.3) is 0 Å². The minimum atomic E-state index is -0.773. The maximum atomic E-state index is 12.8. The summed E-state index contributed by atoms with van der Waals surface area (Å²) in [5.41, 5.74) is 0. The maximum absolute atomic E-state index is 12.8. The second-order valence-electron chi connectivity index (χ2n) is 20.6. The number of carbonyl (C=O) groups excluding carboxylic acids is 3. The van der Waals surface area contributed by atoms with Crippen molar-refractivity contribution in [1.29, 1.82) is 0 Å². The number of esters is 3. The van der Waals surface area contributed by atoms with Gasteiger partial charge in [-0.05, 0) is 44.9 Å². The van der Waals surface area contributed by atoms with Crippen molar-refractivity contribution in [3.8, 4) is 0 Å². The third-order valence-corrected chi connectivity index (χ3v) is 13.7. The summed E-state index contributed by atoms with van der Waals surface area (Å²) in [6.45, 7) is 6.62. The van der Waals surface area contributed by atoms with Gasteiger partial charge in [-0.1, -0.05) is 295 Å². The van der Waals surface area contributed by atoms with Gasteiger partial charge < -0.3 is 14.2 Å². The molecule has 0 spiro atoms. The summed E-state index contributed by atoms with van der Waals surface area (Å²) in [4.78, 5) is 38.1. The molecule has 0 amide bonds. The molecule has 0 aromatic rings. The van der Waals surface area contributed by atoms with Gasteiger partial charge in [0.1, 0.15) is 13.2 Å². The fourth-order valence-corrected chi connectivity index (χ4v) is 9.13. The number of ether oxygens (including phenoxy) is 3. The highest BCUT2D eigenvalue weighted by Gasteiger charge is 2.19. The Morgan fingerprint density at radius 3 is 0.868 bits per heavy atom. The predicted molar refractivity (Wildman–Crippen MR) is 293 cm³/mol. The van der Waals surface area contributed by atoms with Crippen LogP contribution in [0.1, 0.15) is 335 Å². The molecule has 0 heterocycles. The normalized spacial score (nSPS) is 12.1. The Hall–Kier alpha value is -2.11. The molecule has 6 heteroatoms. The smallest absolute Gasteiger partial charge is 0.306 e. The highest BCUT2D eigenvalue weighted by molar-refractivity contribution is 5.71. The van der Waals surface area contributed by atoms with E-state index in [9.17, 15) is 14.4 Å². The van der Waals surface area contributed by atoms with Gasteiger partial charge >= 0.3 is 17.9 Å². The zero-order chi connectivity index (χ0) is 49.3. The summed E-state index contributed by atoms with van der Waals surface area (Å²) >= 11 is 0. The van der Waals surface area contributed by atoms with Gasteiger partial charge in [-0.2, -0.15) is 0 Å². The molecule has 0 saturated carbocycles. The molecule has 0 bridgehead atoms. The van der Waals surface area contributed by atoms with Crippen molar-refractivity contribution >= 4 is 17.9 Å². The highest BCUT2D eigenvalue weighted by Crippen LogP contribution is 2.18. The molecule has 0 aliphatic carbocycles. The van der Waals surface area contributed by atoms with Crippen LogP contribution < -0.4 is 0 Å². The van der Waals surface area contributed by atoms with Crippen LogP contribution in [0.4, 0.5) is 0 Å². The molecule has 0 radical (unpaired) electrons. The van der Waals surface area contributed by atoms with E-state index in [2.05, 4.69) is 45.1 Å². The first-order valence-corrected chi connectivity index (χ1v) is 30.3. The van der Waals surface area contributed by atoms with E-state index in [1.165, 1.54) is 205 Å². The largest absolute Gasteiger partial charge is 0.462 e. The molecule has 1 unspecified atom stereocenters. The molecule has 0 aromatic carbocycles. The summed E-state index contributed by atoms with van der Waals surface area (Å²) in [5.74, 6) is -0.864. The maximum Gasteiger partial charge on any atom is 0.306 e. The van der Waals surface area contributed by atoms with E-state index in [0.717, 1.165) is 89.9 Å². The van der Waals surface area contributed by atoms with E-state index in [4.69, 9.17) is 14.2 Å². The van der Waals surface area contributed by atoms with E-state index < -0.39 is 6.10 Å². The monoisotopic (exact) mass is 957 g/mol. The third-order valence-electron chi connectivity index (χ3n) is 13.7. The van der Waals surface area contributed by atoms with Crippen LogP contribution in [0.3, 0.4) is 0 Å². The SMILES string of the molecule is CCC/C=C\C/C=C\CCCCCCCC(=O)OC(COC(=O)CCCCCCCCCCCCCCC)COC(=O)CCCCCCCCCCCCCCCCCCCCCCCCCC. The van der Waals surface area contributed by atoms with Crippen LogP contribution >= 0.6 is 0 Å². The third kappa shape index (κ3) is 54.8. The molecule has 400 valence electrons. The van der Waals surface area contributed by atoms with Crippen molar-refractivity contribution in [2.45, 2.75) is 341 Å². The standard InChI is InChI=1S/C62H116O6/c1-4-7-10-13-16-19-22-25-26-27-28-29-30-31-32-33-34-35-38-40-43-46-49-52-55-61(64)67-58-59(68-62(65)56-53-50-47-44-41-37-24-21-18-15-12-9-6-3)57-66-60(63)54-51-48-45-42-39-36-23-20-17-14-11-8-5-2/h12,15,21,24,59H,4-11,13-14,16-20,22-23,25-58H2,1-3H3/b15-12-,24-21-. The Bertz CT molecular complexity index is 1100. The van der Waals surface area contributed by atoms with E-state index in [0.29, 0.717) is 19.3 Å². The first-order valence-electron chi connectivity index (χ1n) is 30.3. The van der Waals surface area contributed by atoms with Gasteiger partial charge in [0.05, 0.1) is 0 Å². The van der Waals surface area contributed by atoms with Crippen LogP contribution in [0.5, 0.6) is 0 Å². The van der Waals surface area contributed by atoms with E-state index >= 15 is 0 Å². The van der Waals surface area contributed by atoms with Gasteiger partial charge in [0.2, 0.25) is 0 Å². The molecule has 0 rings (SSSR count). The molecule has 0 aromatic heterocycles. The summed E-state index contributed by atoms with van der Waals surface area (Å²) in [5, 5.41) is 0. The van der Waals surface area contributed by atoms with Crippen LogP contribution in [-0.4, -0.2) is 37.2 Å². The fraction of sp³-hybridized carbons (Fsp3) is 0.887. The lowest BCUT2D eigenvalue weighted by molar-refractivity contribution is -0.167. The zero-order valence-corrected chi connectivity index (χ0v) is 45.9. The van der Waals surface area contributed by atoms with Gasteiger partial charge in [0.15, 0.2) is 6.10 Å². The molecule has 0 aliphatic heterocycles. The summed E-state index contributed by atoms with van der Waals surface area (Å²) in [6.07, 6.45) is 67.6. The quantitative estimate of drug-likeness (QED) is 0.0262. The summed E-state index contributed by atoms with van der Waals surface area (Å²) in [7, 11) is 0. The van der Waals surface area contributed by atoms with Gasteiger partial charge in [0.25, 0.3) is 0 Å². The number of hydrogen-bond donors (Lipinski definition) is 0. The Balaban J connectivity index is 4.20. The van der Waals surface area contributed by atoms with Gasteiger partial charge in [-0.25, -0.2) is 0 Å². The van der Waals surface area contributed by atoms with Crippen molar-refractivity contribution < 1.29 is 28.6 Å². The lowest BCUT2D eigenvalue weighted by Crippen LogP contribution is -2.30. The molecule has 0 fully saturated rings. The topological polar surface area (TPSA) is 78.9 Å². The molecule has 0 saturated heterocycles. The number of allylic oxidation sites excluding steroid dienone is 4. The molecule has 0 aliphatic rings. The molecular weight excluding hydrogens is 841 g/mol. The van der Waals surface area contributed by atoms with Gasteiger partial charge in [-0.15, -0.1) is 0 Å². The van der Waals surface area contributed by atoms with Gasteiger partial charge in [-0.3, -0.25) is 14.4 Å². The second-order valence-corrected chi connectivity index (χ2v) is 20.6. The fourth-order valence-electron chi connectivity index (χ4n) is 9.13. The summed E-state index contributed by atoms with van der Waals surface area (Å²) in [6, 6.07) is 0. The average molecular weight is 958 g/mol. The van der Waals surface area contributed by atoms with Crippen LogP contribution in [0.2, 0.25) is 0 Å². The molecular formula is C62H116O6. The second kappa shape index (κ2) is 57.5. The minimum absolute atomic E-state index is 0.0715. The number of unbranched alkanes of at least 4 members (excludes halogenated alkanes) is 41. The number of hydrogen-bond acceptors (Lipinski definition) is 6. The summed E-state index contributed by atoms with van der Waals surface area (Å²) < 4.78 is 16.9. The average Bonchev–Trinajstić information content (AvgIpc) is 3.34. The first-order chi connectivity index (χ1) is 33.5. The molecule has 0 N–H and O–H groups in total. The van der Waals surface area contributed by atoms with Crippen LogP contribution in [0.15, 0.2) is 24.3 Å². The Morgan fingerprint density at radius 2 is 0.559 bits per heavy atom. The van der Waals surface area contributed by atoms with Gasteiger partial charge in [0, 0.05) is 19.3 Å².